The molecule has 4 rings (SSSR count). The van der Waals surface area contributed by atoms with Crippen molar-refractivity contribution in [1.29, 1.82) is 0 Å². The Kier molecular flexibility index (Phi) is 5.08. The molecule has 2 aromatic heterocycles. The summed E-state index contributed by atoms with van der Waals surface area (Å²) >= 11 is 6.96. The molecule has 10 heteroatoms. The number of hydrogen-bond donors (Lipinski definition) is 1. The smallest absolute Gasteiger partial charge is 0.257 e. The van der Waals surface area contributed by atoms with E-state index >= 15 is 0 Å². The van der Waals surface area contributed by atoms with Crippen molar-refractivity contribution >= 4 is 34.2 Å². The third kappa shape index (κ3) is 3.87. The highest BCUT2D eigenvalue weighted by Gasteiger charge is 2.18. The molecule has 0 saturated carbocycles. The van der Waals surface area contributed by atoms with Crippen LogP contribution in [0.5, 0.6) is 0 Å². The quantitative estimate of drug-likeness (QED) is 0.519. The Bertz CT molecular complexity index is 1220. The lowest BCUT2D eigenvalue weighted by molar-refractivity contribution is 0.102. The maximum atomic E-state index is 13.4. The maximum absolute atomic E-state index is 13.4. The van der Waals surface area contributed by atoms with Crippen LogP contribution >= 0.6 is 23.1 Å². The first-order valence-electron chi connectivity index (χ1n) is 8.52. The van der Waals surface area contributed by atoms with Crippen LogP contribution in [0.4, 0.5) is 9.52 Å². The highest BCUT2D eigenvalue weighted by Crippen LogP contribution is 2.25. The fourth-order valence-corrected chi connectivity index (χ4v) is 3.55. The van der Waals surface area contributed by atoms with Crippen LogP contribution in [0, 0.1) is 19.7 Å². The Labute approximate surface area is 174 Å². The SMILES string of the molecule is Cc1cc(F)ccc1-n1nnc(-c2nsc(NC(=O)c3cccc(Cl)c3)n2)c1C. The highest BCUT2D eigenvalue weighted by molar-refractivity contribution is 7.10. The summed E-state index contributed by atoms with van der Waals surface area (Å²) < 4.78 is 19.3. The minimum atomic E-state index is -0.336. The Hall–Kier alpha value is -3.17. The number of rotatable bonds is 4. The molecule has 0 aliphatic carbocycles. The summed E-state index contributed by atoms with van der Waals surface area (Å²) in [5.41, 5.74) is 3.04. The average molecular weight is 429 g/mol. The molecule has 1 N–H and O–H groups in total. The van der Waals surface area contributed by atoms with Gasteiger partial charge in [-0.05, 0) is 55.8 Å². The normalized spacial score (nSPS) is 10.9. The summed E-state index contributed by atoms with van der Waals surface area (Å²) in [5, 5.41) is 11.8. The molecule has 7 nitrogen and oxygen atoms in total. The van der Waals surface area contributed by atoms with Crippen molar-refractivity contribution in [2.24, 2.45) is 0 Å². The van der Waals surface area contributed by atoms with Crippen LogP contribution in [0.15, 0.2) is 42.5 Å². The van der Waals surface area contributed by atoms with E-state index in [0.717, 1.165) is 17.1 Å². The number of nitrogens with one attached hydrogen (secondary N) is 1. The number of nitrogens with zero attached hydrogens (tertiary/aromatic N) is 5. The number of halogens is 2. The molecule has 2 heterocycles. The Morgan fingerprint density at radius 1 is 1.21 bits per heavy atom. The van der Waals surface area contributed by atoms with Gasteiger partial charge in [-0.25, -0.2) is 9.07 Å². The van der Waals surface area contributed by atoms with Crippen LogP contribution in [0.25, 0.3) is 17.2 Å². The molecule has 1 amide bonds. The molecule has 0 atom stereocenters. The summed E-state index contributed by atoms with van der Waals surface area (Å²) in [4.78, 5) is 16.7. The maximum Gasteiger partial charge on any atom is 0.257 e. The fourth-order valence-electron chi connectivity index (χ4n) is 2.79. The van der Waals surface area contributed by atoms with E-state index in [-0.39, 0.29) is 11.7 Å². The molecule has 0 radical (unpaired) electrons. The van der Waals surface area contributed by atoms with E-state index in [1.165, 1.54) is 12.1 Å². The first kappa shape index (κ1) is 19.2. The molecule has 0 aliphatic heterocycles. The van der Waals surface area contributed by atoms with Crippen molar-refractivity contribution < 1.29 is 9.18 Å². The first-order valence-corrected chi connectivity index (χ1v) is 9.67. The first-order chi connectivity index (χ1) is 13.9. The lowest BCUT2D eigenvalue weighted by atomic mass is 10.2. The molecule has 4 aromatic rings. The largest absolute Gasteiger partial charge is 0.297 e. The molecule has 0 bridgehead atoms. The van der Waals surface area contributed by atoms with Crippen molar-refractivity contribution in [2.75, 3.05) is 5.32 Å². The van der Waals surface area contributed by atoms with Gasteiger partial charge in [-0.1, -0.05) is 22.9 Å². The van der Waals surface area contributed by atoms with E-state index in [9.17, 15) is 9.18 Å². The molecule has 0 aliphatic rings. The molecular weight excluding hydrogens is 415 g/mol. The minimum absolute atomic E-state index is 0.314. The van der Waals surface area contributed by atoms with Crippen molar-refractivity contribution in [3.05, 3.63) is 70.1 Å². The predicted octanol–water partition coefficient (Wildman–Crippen LogP) is 4.45. The van der Waals surface area contributed by atoms with Crippen LogP contribution in [-0.2, 0) is 0 Å². The van der Waals surface area contributed by atoms with Crippen molar-refractivity contribution in [1.82, 2.24) is 24.4 Å². The Morgan fingerprint density at radius 2 is 2.03 bits per heavy atom. The molecule has 0 fully saturated rings. The number of aryl methyl sites for hydroxylation is 1. The number of aromatic nitrogens is 5. The number of hydrogen-bond acceptors (Lipinski definition) is 6. The topological polar surface area (TPSA) is 85.6 Å². The number of carbonyl (C=O) groups excluding carboxylic acids is 1. The van der Waals surface area contributed by atoms with Gasteiger partial charge < -0.3 is 0 Å². The number of amides is 1. The second-order valence-electron chi connectivity index (χ2n) is 6.25. The van der Waals surface area contributed by atoms with Crippen molar-refractivity contribution in [3.63, 3.8) is 0 Å². The van der Waals surface area contributed by atoms with Gasteiger partial charge in [-0.3, -0.25) is 10.1 Å². The van der Waals surface area contributed by atoms with Gasteiger partial charge in [0, 0.05) is 22.1 Å². The van der Waals surface area contributed by atoms with Crippen molar-refractivity contribution in [2.45, 2.75) is 13.8 Å². The van der Waals surface area contributed by atoms with Gasteiger partial charge in [0.15, 0.2) is 11.5 Å². The van der Waals surface area contributed by atoms with Gasteiger partial charge >= 0.3 is 0 Å². The van der Waals surface area contributed by atoms with Crippen LogP contribution in [0.2, 0.25) is 5.02 Å². The van der Waals surface area contributed by atoms with E-state index in [4.69, 9.17) is 11.6 Å². The van der Waals surface area contributed by atoms with E-state index < -0.39 is 0 Å². The van der Waals surface area contributed by atoms with Crippen LogP contribution in [-0.4, -0.2) is 30.3 Å². The van der Waals surface area contributed by atoms with Gasteiger partial charge in [-0.2, -0.15) is 9.36 Å². The number of anilines is 1. The van der Waals surface area contributed by atoms with E-state index in [0.29, 0.717) is 38.6 Å². The molecule has 146 valence electrons. The van der Waals surface area contributed by atoms with Gasteiger partial charge in [0.1, 0.15) is 5.82 Å². The van der Waals surface area contributed by atoms with Gasteiger partial charge in [0.2, 0.25) is 5.13 Å². The lowest BCUT2D eigenvalue weighted by Crippen LogP contribution is -2.11. The van der Waals surface area contributed by atoms with Gasteiger partial charge in [0.05, 0.1) is 11.4 Å². The number of carbonyl (C=O) groups is 1. The Balaban J connectivity index is 1.59. The molecule has 0 saturated heterocycles. The second-order valence-corrected chi connectivity index (χ2v) is 7.44. The van der Waals surface area contributed by atoms with E-state index in [2.05, 4.69) is 25.0 Å². The predicted molar refractivity (Wildman–Crippen MR) is 109 cm³/mol. The Morgan fingerprint density at radius 3 is 2.79 bits per heavy atom. The zero-order valence-corrected chi connectivity index (χ0v) is 16.9. The summed E-state index contributed by atoms with van der Waals surface area (Å²) in [5.74, 6) is -0.303. The highest BCUT2D eigenvalue weighted by atomic mass is 35.5. The molecule has 0 unspecified atom stereocenters. The lowest BCUT2D eigenvalue weighted by Gasteiger charge is -2.06. The standard InChI is InChI=1S/C19H14ClFN6OS/c1-10-8-14(21)6-7-15(10)27-11(2)16(24-26-27)17-22-19(29-25-17)23-18(28)12-4-3-5-13(20)9-12/h3-9H,1-2H3,(H,22,23,25,28). The zero-order valence-electron chi connectivity index (χ0n) is 15.3. The van der Waals surface area contributed by atoms with E-state index in [1.807, 2.05) is 6.92 Å². The third-order valence-corrected chi connectivity index (χ3v) is 5.09. The summed E-state index contributed by atoms with van der Waals surface area (Å²) in [6.45, 7) is 3.62. The fraction of sp³-hybridized carbons (Fsp3) is 0.105. The van der Waals surface area contributed by atoms with Gasteiger partial charge in [0.25, 0.3) is 5.91 Å². The summed E-state index contributed by atoms with van der Waals surface area (Å²) in [6, 6.07) is 11.1. The monoisotopic (exact) mass is 428 g/mol. The average Bonchev–Trinajstić information content (AvgIpc) is 3.28. The third-order valence-electron chi connectivity index (χ3n) is 4.23. The molecule has 2 aromatic carbocycles. The second kappa shape index (κ2) is 7.69. The molecule has 29 heavy (non-hydrogen) atoms. The van der Waals surface area contributed by atoms with E-state index in [1.54, 1.807) is 41.9 Å². The zero-order chi connectivity index (χ0) is 20.5. The van der Waals surface area contributed by atoms with Crippen molar-refractivity contribution in [3.8, 4) is 17.2 Å². The summed E-state index contributed by atoms with van der Waals surface area (Å²) in [7, 11) is 0. The minimum Gasteiger partial charge on any atom is -0.297 e. The van der Waals surface area contributed by atoms with Crippen LogP contribution < -0.4 is 5.32 Å². The number of benzene rings is 2. The molecular formula is C19H14ClFN6OS. The van der Waals surface area contributed by atoms with Crippen LogP contribution in [0.1, 0.15) is 21.6 Å². The molecule has 0 spiro atoms. The summed E-state index contributed by atoms with van der Waals surface area (Å²) in [6.07, 6.45) is 0. The van der Waals surface area contributed by atoms with Gasteiger partial charge in [-0.15, -0.1) is 5.10 Å². The van der Waals surface area contributed by atoms with Crippen LogP contribution in [0.3, 0.4) is 0 Å².